The molecular formula is C17H40O6Si3. The molecule has 9 heteroatoms. The molecule has 0 aliphatic carbocycles. The standard InChI is InChI=1S/C17H40O6Si3/c1-18-12-13-14(21-24(3,4)5)15(19-2)16(22-25(6,7)8)17(20-13)23-26(9,10)11/h13-17H,12H2,1-11H3/t13-,14-,15+,16-,17?/m1/s1. The van der Waals surface area contributed by atoms with Gasteiger partial charge in [0.1, 0.15) is 24.4 Å². The molecule has 1 saturated heterocycles. The number of methoxy groups -OCH3 is 2. The van der Waals surface area contributed by atoms with E-state index in [4.69, 9.17) is 27.5 Å². The summed E-state index contributed by atoms with van der Waals surface area (Å²) >= 11 is 0. The second kappa shape index (κ2) is 9.27. The zero-order chi connectivity index (χ0) is 20.3. The third-order valence-corrected chi connectivity index (χ3v) is 6.54. The van der Waals surface area contributed by atoms with Crippen molar-refractivity contribution >= 4 is 25.0 Å². The van der Waals surface area contributed by atoms with Crippen molar-refractivity contribution in [3.05, 3.63) is 0 Å². The third kappa shape index (κ3) is 8.19. The lowest BCUT2D eigenvalue weighted by Gasteiger charge is -2.49. The summed E-state index contributed by atoms with van der Waals surface area (Å²) in [5.74, 6) is 0. The van der Waals surface area contributed by atoms with Crippen LogP contribution in [0.15, 0.2) is 0 Å². The fourth-order valence-electron chi connectivity index (χ4n) is 2.97. The first-order valence-corrected chi connectivity index (χ1v) is 19.6. The van der Waals surface area contributed by atoms with Crippen LogP contribution < -0.4 is 0 Å². The van der Waals surface area contributed by atoms with Gasteiger partial charge in [-0.1, -0.05) is 0 Å². The molecule has 0 amide bonds. The first kappa shape index (κ1) is 24.4. The van der Waals surface area contributed by atoms with Gasteiger partial charge in [-0.25, -0.2) is 0 Å². The molecule has 0 saturated carbocycles. The molecule has 156 valence electrons. The minimum absolute atomic E-state index is 0.241. The Kier molecular flexibility index (Phi) is 8.72. The molecule has 0 bridgehead atoms. The van der Waals surface area contributed by atoms with Gasteiger partial charge in [-0.15, -0.1) is 0 Å². The Labute approximate surface area is 163 Å². The summed E-state index contributed by atoms with van der Waals surface area (Å²) in [7, 11) is -2.12. The van der Waals surface area contributed by atoms with Crippen LogP contribution in [0.4, 0.5) is 0 Å². The first-order chi connectivity index (χ1) is 11.7. The lowest BCUT2D eigenvalue weighted by Crippen LogP contribution is -2.65. The van der Waals surface area contributed by atoms with Gasteiger partial charge < -0.3 is 27.5 Å². The van der Waals surface area contributed by atoms with E-state index in [2.05, 4.69) is 58.9 Å². The molecule has 0 aromatic carbocycles. The number of hydrogen-bond donors (Lipinski definition) is 0. The Morgan fingerprint density at radius 2 is 1.12 bits per heavy atom. The number of ether oxygens (including phenoxy) is 3. The van der Waals surface area contributed by atoms with Gasteiger partial charge in [0, 0.05) is 14.2 Å². The van der Waals surface area contributed by atoms with Crippen molar-refractivity contribution in [1.29, 1.82) is 0 Å². The molecule has 0 spiro atoms. The Morgan fingerprint density at radius 1 is 0.654 bits per heavy atom. The first-order valence-electron chi connectivity index (χ1n) is 9.37. The number of hydrogen-bond acceptors (Lipinski definition) is 6. The fraction of sp³-hybridized carbons (Fsp3) is 1.00. The highest BCUT2D eigenvalue weighted by atomic mass is 28.4. The molecule has 5 atom stereocenters. The minimum atomic E-state index is -1.85. The van der Waals surface area contributed by atoms with Crippen molar-refractivity contribution in [2.75, 3.05) is 20.8 Å². The Balaban J connectivity index is 3.23. The van der Waals surface area contributed by atoms with Crippen LogP contribution in [-0.4, -0.2) is 76.5 Å². The van der Waals surface area contributed by atoms with E-state index in [1.54, 1.807) is 14.2 Å². The van der Waals surface area contributed by atoms with Crippen LogP contribution in [-0.2, 0) is 27.5 Å². The predicted octanol–water partition coefficient (Wildman–Crippen LogP) is 3.66. The van der Waals surface area contributed by atoms with E-state index in [1.165, 1.54) is 0 Å². The maximum Gasteiger partial charge on any atom is 0.187 e. The molecule has 6 nitrogen and oxygen atoms in total. The van der Waals surface area contributed by atoms with Crippen LogP contribution in [0.25, 0.3) is 0 Å². The Hall–Kier alpha value is 0.411. The molecule has 0 aromatic heterocycles. The summed E-state index contributed by atoms with van der Waals surface area (Å²) in [5.41, 5.74) is 0. The molecule has 0 aromatic rings. The van der Waals surface area contributed by atoms with Crippen molar-refractivity contribution in [1.82, 2.24) is 0 Å². The smallest absolute Gasteiger partial charge is 0.187 e. The summed E-state index contributed by atoms with van der Waals surface area (Å²) in [6.45, 7) is 19.9. The van der Waals surface area contributed by atoms with Gasteiger partial charge in [0.15, 0.2) is 31.2 Å². The summed E-state index contributed by atoms with van der Waals surface area (Å²) in [6.07, 6.45) is -1.54. The van der Waals surface area contributed by atoms with E-state index < -0.39 is 31.2 Å². The van der Waals surface area contributed by atoms with E-state index in [0.717, 1.165) is 0 Å². The molecule has 1 fully saturated rings. The molecule has 0 N–H and O–H groups in total. The topological polar surface area (TPSA) is 55.4 Å². The lowest BCUT2D eigenvalue weighted by atomic mass is 9.99. The highest BCUT2D eigenvalue weighted by Crippen LogP contribution is 2.33. The van der Waals surface area contributed by atoms with E-state index in [9.17, 15) is 0 Å². The zero-order valence-electron chi connectivity index (χ0n) is 18.5. The molecule has 1 aliphatic heterocycles. The summed E-state index contributed by atoms with van der Waals surface area (Å²) < 4.78 is 37.0. The summed E-state index contributed by atoms with van der Waals surface area (Å²) in [6, 6.07) is 0. The van der Waals surface area contributed by atoms with Gasteiger partial charge in [0.2, 0.25) is 0 Å². The van der Waals surface area contributed by atoms with Gasteiger partial charge in [-0.3, -0.25) is 0 Å². The van der Waals surface area contributed by atoms with Gasteiger partial charge in [0.05, 0.1) is 6.61 Å². The monoisotopic (exact) mass is 424 g/mol. The van der Waals surface area contributed by atoms with Crippen LogP contribution in [0.5, 0.6) is 0 Å². The predicted molar refractivity (Wildman–Crippen MR) is 112 cm³/mol. The van der Waals surface area contributed by atoms with Gasteiger partial charge in [0.25, 0.3) is 0 Å². The zero-order valence-corrected chi connectivity index (χ0v) is 21.5. The average molecular weight is 425 g/mol. The quantitative estimate of drug-likeness (QED) is 0.526. The average Bonchev–Trinajstić information content (AvgIpc) is 2.39. The van der Waals surface area contributed by atoms with Crippen molar-refractivity contribution in [2.24, 2.45) is 0 Å². The van der Waals surface area contributed by atoms with Crippen molar-refractivity contribution in [2.45, 2.75) is 89.6 Å². The van der Waals surface area contributed by atoms with Gasteiger partial charge >= 0.3 is 0 Å². The van der Waals surface area contributed by atoms with Crippen LogP contribution in [0.2, 0.25) is 58.9 Å². The molecule has 1 aliphatic rings. The number of rotatable bonds is 9. The summed E-state index contributed by atoms with van der Waals surface area (Å²) in [4.78, 5) is 0. The molecule has 0 radical (unpaired) electrons. The van der Waals surface area contributed by atoms with E-state index in [1.807, 2.05) is 0 Å². The third-order valence-electron chi connectivity index (χ3n) is 3.64. The highest BCUT2D eigenvalue weighted by Gasteiger charge is 2.51. The van der Waals surface area contributed by atoms with Crippen LogP contribution in [0.3, 0.4) is 0 Å². The van der Waals surface area contributed by atoms with Crippen LogP contribution >= 0.6 is 0 Å². The Morgan fingerprint density at radius 3 is 1.50 bits per heavy atom. The van der Waals surface area contributed by atoms with E-state index >= 15 is 0 Å². The molecule has 1 rings (SSSR count). The van der Waals surface area contributed by atoms with Crippen molar-refractivity contribution in [3.8, 4) is 0 Å². The van der Waals surface area contributed by atoms with Gasteiger partial charge in [-0.05, 0) is 58.9 Å². The highest BCUT2D eigenvalue weighted by molar-refractivity contribution is 6.70. The van der Waals surface area contributed by atoms with Crippen LogP contribution in [0.1, 0.15) is 0 Å². The van der Waals surface area contributed by atoms with Crippen molar-refractivity contribution in [3.63, 3.8) is 0 Å². The molecular weight excluding hydrogens is 384 g/mol. The second-order valence-electron chi connectivity index (χ2n) is 9.82. The largest absolute Gasteiger partial charge is 0.409 e. The normalized spacial score (nSPS) is 31.3. The maximum absolute atomic E-state index is 6.49. The summed E-state index contributed by atoms with van der Waals surface area (Å²) in [5, 5.41) is 0. The second-order valence-corrected chi connectivity index (χ2v) is 23.2. The van der Waals surface area contributed by atoms with E-state index in [-0.39, 0.29) is 24.4 Å². The molecule has 1 heterocycles. The fourth-order valence-corrected chi connectivity index (χ4v) is 6.02. The Bertz CT molecular complexity index is 430. The van der Waals surface area contributed by atoms with E-state index in [0.29, 0.717) is 6.61 Å². The van der Waals surface area contributed by atoms with Crippen molar-refractivity contribution < 1.29 is 27.5 Å². The molecule has 1 unspecified atom stereocenters. The molecule has 26 heavy (non-hydrogen) atoms. The maximum atomic E-state index is 6.49. The lowest BCUT2D eigenvalue weighted by molar-refractivity contribution is -0.278. The van der Waals surface area contributed by atoms with Crippen LogP contribution in [0, 0.1) is 0 Å². The van der Waals surface area contributed by atoms with Gasteiger partial charge in [-0.2, -0.15) is 0 Å². The SMILES string of the molecule is COC[C@H]1OC(O[Si](C)(C)C)[C@H](O[Si](C)(C)C)[C@@H](OC)[C@@H]1O[Si](C)(C)C. The minimum Gasteiger partial charge on any atom is -0.409 e.